The van der Waals surface area contributed by atoms with Crippen LogP contribution < -0.4 is 0 Å². The Hall–Kier alpha value is -3.15. The maximum Gasteiger partial charge on any atom is 0.272 e. The number of nitro benzene ring substituents is 1. The van der Waals surface area contributed by atoms with Gasteiger partial charge in [-0.1, -0.05) is 35.9 Å². The van der Waals surface area contributed by atoms with Crippen molar-refractivity contribution in [2.75, 3.05) is 0 Å². The van der Waals surface area contributed by atoms with Crippen molar-refractivity contribution in [2.24, 2.45) is 5.92 Å². The number of Topliss-reactive ketones (excluding diaryl/α,β-unsaturated/α-hetero) is 3. The zero-order valence-electron chi connectivity index (χ0n) is 17.4. The van der Waals surface area contributed by atoms with Gasteiger partial charge in [0.2, 0.25) is 0 Å². The van der Waals surface area contributed by atoms with Crippen molar-refractivity contribution in [3.8, 4) is 0 Å². The third-order valence-corrected chi connectivity index (χ3v) is 5.82. The maximum absolute atomic E-state index is 13.0. The van der Waals surface area contributed by atoms with E-state index in [1.165, 1.54) is 6.07 Å². The first-order chi connectivity index (χ1) is 14.2. The molecule has 30 heavy (non-hydrogen) atoms. The molecule has 1 aliphatic rings. The van der Waals surface area contributed by atoms with E-state index in [1.54, 1.807) is 18.2 Å². The van der Waals surface area contributed by atoms with E-state index in [1.807, 2.05) is 32.9 Å². The molecule has 0 heterocycles. The van der Waals surface area contributed by atoms with Gasteiger partial charge in [-0.15, -0.1) is 0 Å². The standard InChI is InChI=1S/C24H25NO5/c1-14-10-15(2)22(16(3)11-14)23-21(27)13-18(24(23)28)12-19(26)9-8-17-6-4-5-7-20(17)25(29)30/h4-7,10-11,18,23H,8-9,12-13H2,1-3H3. The number of aryl methyl sites for hydroxylation is 4. The van der Waals surface area contributed by atoms with Crippen LogP contribution in [0.15, 0.2) is 36.4 Å². The van der Waals surface area contributed by atoms with Gasteiger partial charge in [0.1, 0.15) is 17.5 Å². The molecule has 0 amide bonds. The maximum atomic E-state index is 13.0. The Bertz CT molecular complexity index is 1020. The molecule has 1 aliphatic carbocycles. The molecule has 0 aliphatic heterocycles. The Kier molecular flexibility index (Phi) is 6.25. The smallest absolute Gasteiger partial charge is 0.272 e. The van der Waals surface area contributed by atoms with Crippen molar-refractivity contribution in [3.05, 3.63) is 74.3 Å². The number of hydrogen-bond donors (Lipinski definition) is 0. The first-order valence-corrected chi connectivity index (χ1v) is 10.1. The van der Waals surface area contributed by atoms with Crippen LogP contribution in [-0.4, -0.2) is 22.3 Å². The molecular weight excluding hydrogens is 382 g/mol. The summed E-state index contributed by atoms with van der Waals surface area (Å²) in [6.07, 6.45) is 0.430. The Labute approximate surface area is 175 Å². The summed E-state index contributed by atoms with van der Waals surface area (Å²) in [5, 5.41) is 11.1. The van der Waals surface area contributed by atoms with Crippen LogP contribution >= 0.6 is 0 Å². The summed E-state index contributed by atoms with van der Waals surface area (Å²) in [6, 6.07) is 10.3. The quantitative estimate of drug-likeness (QED) is 0.386. The Balaban J connectivity index is 1.69. The summed E-state index contributed by atoms with van der Waals surface area (Å²) in [4.78, 5) is 48.8. The van der Waals surface area contributed by atoms with Crippen LogP contribution in [0.25, 0.3) is 0 Å². The van der Waals surface area contributed by atoms with Crippen LogP contribution in [0.4, 0.5) is 5.69 Å². The van der Waals surface area contributed by atoms with Gasteiger partial charge in [0.15, 0.2) is 5.78 Å². The average molecular weight is 407 g/mol. The molecule has 0 radical (unpaired) electrons. The molecule has 0 aromatic heterocycles. The molecule has 0 N–H and O–H groups in total. The van der Waals surface area contributed by atoms with Crippen LogP contribution in [0.3, 0.4) is 0 Å². The average Bonchev–Trinajstić information content (AvgIpc) is 2.93. The molecule has 2 aromatic carbocycles. The normalized spacial score (nSPS) is 18.6. The van der Waals surface area contributed by atoms with Gasteiger partial charge in [-0.05, 0) is 43.9 Å². The number of carbonyl (C=O) groups excluding carboxylic acids is 3. The van der Waals surface area contributed by atoms with E-state index < -0.39 is 16.8 Å². The SMILES string of the molecule is Cc1cc(C)c(C2C(=O)CC(CC(=O)CCc3ccccc3[N+](=O)[O-])C2=O)c(C)c1. The molecule has 156 valence electrons. The molecular formula is C24H25NO5. The van der Waals surface area contributed by atoms with Gasteiger partial charge in [0, 0.05) is 36.8 Å². The molecule has 6 heteroatoms. The van der Waals surface area contributed by atoms with Gasteiger partial charge >= 0.3 is 0 Å². The van der Waals surface area contributed by atoms with Crippen molar-refractivity contribution in [3.63, 3.8) is 0 Å². The molecule has 0 spiro atoms. The minimum absolute atomic E-state index is 0.00562. The summed E-state index contributed by atoms with van der Waals surface area (Å²) < 4.78 is 0. The summed E-state index contributed by atoms with van der Waals surface area (Å²) >= 11 is 0. The van der Waals surface area contributed by atoms with Crippen molar-refractivity contribution in [2.45, 2.75) is 52.4 Å². The molecule has 3 rings (SSSR count). The van der Waals surface area contributed by atoms with Crippen LogP contribution in [0, 0.1) is 36.8 Å². The number of nitro groups is 1. The summed E-state index contributed by atoms with van der Waals surface area (Å²) in [7, 11) is 0. The minimum Gasteiger partial charge on any atom is -0.300 e. The highest BCUT2D eigenvalue weighted by molar-refractivity contribution is 6.15. The van der Waals surface area contributed by atoms with Gasteiger partial charge in [-0.2, -0.15) is 0 Å². The predicted octanol–water partition coefficient (Wildman–Crippen LogP) is 4.35. The monoisotopic (exact) mass is 407 g/mol. The number of ketones is 3. The number of hydrogen-bond acceptors (Lipinski definition) is 5. The summed E-state index contributed by atoms with van der Waals surface area (Å²) in [5.74, 6) is -1.88. The molecule has 0 saturated heterocycles. The number of benzene rings is 2. The highest BCUT2D eigenvalue weighted by Gasteiger charge is 2.43. The van der Waals surface area contributed by atoms with Crippen LogP contribution in [-0.2, 0) is 20.8 Å². The lowest BCUT2D eigenvalue weighted by Gasteiger charge is -2.16. The van der Waals surface area contributed by atoms with Gasteiger partial charge in [-0.25, -0.2) is 0 Å². The van der Waals surface area contributed by atoms with Gasteiger partial charge < -0.3 is 0 Å². The third-order valence-electron chi connectivity index (χ3n) is 5.82. The van der Waals surface area contributed by atoms with E-state index in [9.17, 15) is 24.5 Å². The molecule has 2 unspecified atom stereocenters. The predicted molar refractivity (Wildman–Crippen MR) is 113 cm³/mol. The number of nitrogens with zero attached hydrogens (tertiary/aromatic N) is 1. The van der Waals surface area contributed by atoms with Crippen LogP contribution in [0.2, 0.25) is 0 Å². The molecule has 1 saturated carbocycles. The molecule has 1 fully saturated rings. The van der Waals surface area contributed by atoms with Crippen molar-refractivity contribution < 1.29 is 19.3 Å². The molecule has 2 aromatic rings. The van der Waals surface area contributed by atoms with E-state index in [-0.39, 0.29) is 48.7 Å². The zero-order valence-corrected chi connectivity index (χ0v) is 17.4. The number of carbonyl (C=O) groups is 3. The van der Waals surface area contributed by atoms with Crippen LogP contribution in [0.5, 0.6) is 0 Å². The van der Waals surface area contributed by atoms with Crippen molar-refractivity contribution in [1.29, 1.82) is 0 Å². The zero-order chi connectivity index (χ0) is 22.0. The van der Waals surface area contributed by atoms with Gasteiger partial charge in [0.25, 0.3) is 5.69 Å². The molecule has 2 atom stereocenters. The van der Waals surface area contributed by atoms with Gasteiger partial charge in [0.05, 0.1) is 4.92 Å². The fourth-order valence-corrected chi connectivity index (χ4v) is 4.53. The lowest BCUT2D eigenvalue weighted by Crippen LogP contribution is -2.19. The highest BCUT2D eigenvalue weighted by atomic mass is 16.6. The second-order valence-electron chi connectivity index (χ2n) is 8.14. The summed E-state index contributed by atoms with van der Waals surface area (Å²) in [5.41, 5.74) is 4.17. The van der Waals surface area contributed by atoms with Crippen molar-refractivity contribution in [1.82, 2.24) is 0 Å². The Morgan fingerprint density at radius 2 is 1.73 bits per heavy atom. The van der Waals surface area contributed by atoms with E-state index >= 15 is 0 Å². The van der Waals surface area contributed by atoms with E-state index in [4.69, 9.17) is 0 Å². The first kappa shape index (κ1) is 21.6. The lowest BCUT2D eigenvalue weighted by molar-refractivity contribution is -0.385. The van der Waals surface area contributed by atoms with E-state index in [0.717, 1.165) is 22.3 Å². The van der Waals surface area contributed by atoms with Gasteiger partial charge in [-0.3, -0.25) is 24.5 Å². The largest absolute Gasteiger partial charge is 0.300 e. The van der Waals surface area contributed by atoms with E-state index in [0.29, 0.717) is 5.56 Å². The second-order valence-corrected chi connectivity index (χ2v) is 8.14. The lowest BCUT2D eigenvalue weighted by atomic mass is 9.86. The second kappa shape index (κ2) is 8.69. The molecule has 6 nitrogen and oxygen atoms in total. The Morgan fingerprint density at radius 3 is 2.37 bits per heavy atom. The number of rotatable bonds is 7. The fourth-order valence-electron chi connectivity index (χ4n) is 4.53. The third kappa shape index (κ3) is 4.37. The summed E-state index contributed by atoms with van der Waals surface area (Å²) in [6.45, 7) is 5.78. The van der Waals surface area contributed by atoms with Crippen LogP contribution in [0.1, 0.15) is 53.0 Å². The first-order valence-electron chi connectivity index (χ1n) is 10.1. The Morgan fingerprint density at radius 1 is 1.10 bits per heavy atom. The number of para-hydroxylation sites is 1. The fraction of sp³-hybridized carbons (Fsp3) is 0.375. The van der Waals surface area contributed by atoms with Crippen molar-refractivity contribution >= 4 is 23.0 Å². The highest BCUT2D eigenvalue weighted by Crippen LogP contribution is 2.37. The topological polar surface area (TPSA) is 94.3 Å². The van der Waals surface area contributed by atoms with E-state index in [2.05, 4.69) is 0 Å². The molecule has 0 bridgehead atoms. The minimum atomic E-state index is -0.793.